The summed E-state index contributed by atoms with van der Waals surface area (Å²) >= 11 is 0. The summed E-state index contributed by atoms with van der Waals surface area (Å²) in [6.45, 7) is 10.1. The fourth-order valence-electron chi connectivity index (χ4n) is 3.65. The van der Waals surface area contributed by atoms with Crippen molar-refractivity contribution in [2.24, 2.45) is 5.92 Å². The lowest BCUT2D eigenvalue weighted by molar-refractivity contribution is -0.153. The Morgan fingerprint density at radius 1 is 1.31 bits per heavy atom. The highest BCUT2D eigenvalue weighted by atomic mass is 16.5. The maximum Gasteiger partial charge on any atom is 0.309 e. The molecule has 5 nitrogen and oxygen atoms in total. The first-order valence-corrected chi connectivity index (χ1v) is 10.9. The van der Waals surface area contributed by atoms with Crippen molar-refractivity contribution < 1.29 is 19.0 Å². The molecule has 1 unspecified atom stereocenters. The normalized spacial score (nSPS) is 20.8. The van der Waals surface area contributed by atoms with E-state index < -0.39 is 0 Å². The van der Waals surface area contributed by atoms with Gasteiger partial charge in [0.25, 0.3) is 0 Å². The minimum absolute atomic E-state index is 0.0313. The quantitative estimate of drug-likeness (QED) is 0.539. The van der Waals surface area contributed by atoms with Crippen LogP contribution in [-0.2, 0) is 16.1 Å². The summed E-state index contributed by atoms with van der Waals surface area (Å²) in [6, 6.07) is 4.05. The second kappa shape index (κ2) is 11.2. The number of ether oxygens (including phenoxy) is 3. The number of rotatable bonds is 9. The van der Waals surface area contributed by atoms with Crippen molar-refractivity contribution in [1.29, 1.82) is 0 Å². The zero-order valence-corrected chi connectivity index (χ0v) is 18.9. The smallest absolute Gasteiger partial charge is 0.309 e. The molecule has 0 aliphatic carbocycles. The molecule has 5 heteroatoms. The summed E-state index contributed by atoms with van der Waals surface area (Å²) in [5, 5.41) is 0. The summed E-state index contributed by atoms with van der Waals surface area (Å²) in [5.41, 5.74) is 2.16. The summed E-state index contributed by atoms with van der Waals surface area (Å²) in [6.07, 6.45) is 6.91. The Bertz CT molecular complexity index is 700. The molecule has 1 aromatic rings. The molecule has 3 atom stereocenters. The molecule has 1 aromatic carbocycles. The number of benzene rings is 1. The van der Waals surface area contributed by atoms with E-state index in [1.54, 1.807) is 7.11 Å². The van der Waals surface area contributed by atoms with Gasteiger partial charge in [0.05, 0.1) is 19.1 Å². The molecule has 0 bridgehead atoms. The van der Waals surface area contributed by atoms with Crippen LogP contribution in [0.3, 0.4) is 0 Å². The van der Waals surface area contributed by atoms with Crippen LogP contribution in [0, 0.1) is 5.92 Å². The van der Waals surface area contributed by atoms with Crippen molar-refractivity contribution in [1.82, 2.24) is 4.90 Å². The standard InChI is InChI=1S/C24H37NO4/c1-7-10-18(8-2)24(26)29-20-12-13-21-19(16-25(5)9-3)11-14-22(27-6)23(21)28-17(4)15-20/h11-14,17-18,20H,7-10,15-16H2,1-6H3/b13-12-/t17-,18?,20+/m1/s1. The predicted octanol–water partition coefficient (Wildman–Crippen LogP) is 5.07. The number of carbonyl (C=O) groups excluding carboxylic acids is 1. The molecule has 0 N–H and O–H groups in total. The number of methoxy groups -OCH3 is 1. The molecule has 0 saturated heterocycles. The second-order valence-electron chi connectivity index (χ2n) is 7.89. The number of hydrogen-bond donors (Lipinski definition) is 0. The van der Waals surface area contributed by atoms with Crippen LogP contribution in [0.25, 0.3) is 6.08 Å². The van der Waals surface area contributed by atoms with E-state index >= 15 is 0 Å². The largest absolute Gasteiger partial charge is 0.493 e. The minimum Gasteiger partial charge on any atom is -0.493 e. The first-order chi connectivity index (χ1) is 13.9. The number of fused-ring (bicyclic) bond motifs is 1. The van der Waals surface area contributed by atoms with Gasteiger partial charge in [-0.25, -0.2) is 0 Å². The molecular formula is C24H37NO4. The lowest BCUT2D eigenvalue weighted by Gasteiger charge is -2.27. The lowest BCUT2D eigenvalue weighted by atomic mass is 9.99. The van der Waals surface area contributed by atoms with Gasteiger partial charge in [-0.3, -0.25) is 4.79 Å². The summed E-state index contributed by atoms with van der Waals surface area (Å²) in [5.74, 6) is 1.36. The van der Waals surface area contributed by atoms with Gasteiger partial charge in [-0.2, -0.15) is 0 Å². The highest BCUT2D eigenvalue weighted by molar-refractivity contribution is 5.73. The Morgan fingerprint density at radius 2 is 2.07 bits per heavy atom. The molecule has 0 radical (unpaired) electrons. The van der Waals surface area contributed by atoms with Crippen molar-refractivity contribution >= 4 is 12.0 Å². The van der Waals surface area contributed by atoms with Crippen LogP contribution in [0.15, 0.2) is 18.2 Å². The van der Waals surface area contributed by atoms with Gasteiger partial charge < -0.3 is 19.1 Å². The molecule has 1 aliphatic heterocycles. The van der Waals surface area contributed by atoms with Crippen LogP contribution in [0.5, 0.6) is 11.5 Å². The first-order valence-electron chi connectivity index (χ1n) is 10.9. The van der Waals surface area contributed by atoms with E-state index in [0.29, 0.717) is 6.42 Å². The number of carbonyl (C=O) groups is 1. The molecule has 1 aliphatic rings. The monoisotopic (exact) mass is 403 g/mol. The van der Waals surface area contributed by atoms with Crippen LogP contribution < -0.4 is 9.47 Å². The Balaban J connectivity index is 2.33. The van der Waals surface area contributed by atoms with Gasteiger partial charge >= 0.3 is 5.97 Å². The fourth-order valence-corrected chi connectivity index (χ4v) is 3.65. The third-order valence-electron chi connectivity index (χ3n) is 5.54. The SMILES string of the molecule is CCCC(CC)C(=O)O[C@H]1/C=C\c2c(CN(C)CC)ccc(OC)c2O[C@H](C)C1. The van der Waals surface area contributed by atoms with E-state index in [1.165, 1.54) is 0 Å². The van der Waals surface area contributed by atoms with Gasteiger partial charge in [0.2, 0.25) is 0 Å². The van der Waals surface area contributed by atoms with Gasteiger partial charge in [0.1, 0.15) is 6.10 Å². The number of esters is 1. The molecule has 0 fully saturated rings. The molecule has 0 saturated carbocycles. The zero-order valence-electron chi connectivity index (χ0n) is 18.9. The number of nitrogens with zero attached hydrogens (tertiary/aromatic N) is 1. The van der Waals surface area contributed by atoms with Gasteiger partial charge in [-0.15, -0.1) is 0 Å². The Kier molecular flexibility index (Phi) is 9.02. The zero-order chi connectivity index (χ0) is 21.4. The molecule has 0 aromatic heterocycles. The fraction of sp³-hybridized carbons (Fsp3) is 0.625. The van der Waals surface area contributed by atoms with Crippen molar-refractivity contribution in [2.75, 3.05) is 20.7 Å². The van der Waals surface area contributed by atoms with Crippen LogP contribution >= 0.6 is 0 Å². The van der Waals surface area contributed by atoms with Crippen molar-refractivity contribution in [3.63, 3.8) is 0 Å². The molecule has 0 amide bonds. The van der Waals surface area contributed by atoms with Crippen molar-refractivity contribution in [2.45, 2.75) is 72.1 Å². The van der Waals surface area contributed by atoms with Crippen LogP contribution in [-0.4, -0.2) is 43.8 Å². The number of hydrogen-bond acceptors (Lipinski definition) is 5. The molecule has 1 heterocycles. The molecule has 0 spiro atoms. The minimum atomic E-state index is -0.292. The van der Waals surface area contributed by atoms with E-state index in [9.17, 15) is 4.79 Å². The van der Waals surface area contributed by atoms with Crippen molar-refractivity contribution in [3.05, 3.63) is 29.3 Å². The lowest BCUT2D eigenvalue weighted by Crippen LogP contribution is -2.28. The van der Waals surface area contributed by atoms with Crippen molar-refractivity contribution in [3.8, 4) is 11.5 Å². The van der Waals surface area contributed by atoms with Gasteiger partial charge in [-0.1, -0.05) is 39.3 Å². The second-order valence-corrected chi connectivity index (χ2v) is 7.89. The highest BCUT2D eigenvalue weighted by Crippen LogP contribution is 2.38. The summed E-state index contributed by atoms with van der Waals surface area (Å²) < 4.78 is 17.7. The van der Waals surface area contributed by atoms with Crippen LogP contribution in [0.1, 0.15) is 64.5 Å². The van der Waals surface area contributed by atoms with E-state index in [4.69, 9.17) is 14.2 Å². The molecule has 29 heavy (non-hydrogen) atoms. The van der Waals surface area contributed by atoms with Gasteiger partial charge in [0.15, 0.2) is 11.5 Å². The highest BCUT2D eigenvalue weighted by Gasteiger charge is 2.25. The molecule has 162 valence electrons. The third-order valence-corrected chi connectivity index (χ3v) is 5.54. The molecule has 2 rings (SSSR count). The van der Waals surface area contributed by atoms with Gasteiger partial charge in [-0.05, 0) is 51.1 Å². The molecular weight excluding hydrogens is 366 g/mol. The predicted molar refractivity (Wildman–Crippen MR) is 117 cm³/mol. The Hall–Kier alpha value is -2.01. The average Bonchev–Trinajstić information content (AvgIpc) is 2.69. The third kappa shape index (κ3) is 6.23. The summed E-state index contributed by atoms with van der Waals surface area (Å²) in [7, 11) is 3.75. The van der Waals surface area contributed by atoms with E-state index in [1.807, 2.05) is 32.1 Å². The van der Waals surface area contributed by atoms with Gasteiger partial charge in [0, 0.05) is 18.5 Å². The maximum absolute atomic E-state index is 12.6. The van der Waals surface area contributed by atoms with E-state index in [-0.39, 0.29) is 24.1 Å². The van der Waals surface area contributed by atoms with Crippen LogP contribution in [0.2, 0.25) is 0 Å². The topological polar surface area (TPSA) is 48.0 Å². The average molecular weight is 404 g/mol. The summed E-state index contributed by atoms with van der Waals surface area (Å²) in [4.78, 5) is 14.9. The van der Waals surface area contributed by atoms with Crippen LogP contribution in [0.4, 0.5) is 0 Å². The van der Waals surface area contributed by atoms with E-state index in [0.717, 1.165) is 55.0 Å². The first kappa shape index (κ1) is 23.3. The Labute approximate surface area is 176 Å². The Morgan fingerprint density at radius 3 is 2.69 bits per heavy atom. The van der Waals surface area contributed by atoms with E-state index in [2.05, 4.69) is 31.9 Å². The maximum atomic E-state index is 12.6.